The fraction of sp³-hybridized carbons (Fsp3) is 0.364. The zero-order chi connectivity index (χ0) is 9.31. The van der Waals surface area contributed by atoms with Crippen LogP contribution in [0, 0.1) is 6.42 Å². The maximum atomic E-state index is 5.40. The highest BCUT2D eigenvalue weighted by Crippen LogP contribution is 2.38. The molecular weight excluding hydrogens is 164 g/mol. The number of fused-ring (bicyclic) bond motifs is 1. The minimum atomic E-state index is -0.614. The zero-order valence-corrected chi connectivity index (χ0v) is 7.91. The molecule has 0 aromatic heterocycles. The van der Waals surface area contributed by atoms with E-state index in [1.807, 2.05) is 18.2 Å². The average Bonchev–Trinajstić information content (AvgIpc) is 2.58. The van der Waals surface area contributed by atoms with Crippen molar-refractivity contribution >= 4 is 0 Å². The van der Waals surface area contributed by atoms with Gasteiger partial charge in [-0.1, -0.05) is 24.3 Å². The average molecular weight is 177 g/mol. The smallest absolute Gasteiger partial charge is 0.198 e. The molecule has 0 fully saturated rings. The van der Waals surface area contributed by atoms with E-state index >= 15 is 0 Å². The summed E-state index contributed by atoms with van der Waals surface area (Å²) in [4.78, 5) is 0. The van der Waals surface area contributed by atoms with Gasteiger partial charge in [0.1, 0.15) is 0 Å². The van der Waals surface area contributed by atoms with Gasteiger partial charge in [-0.2, -0.15) is 0 Å². The van der Waals surface area contributed by atoms with E-state index in [-0.39, 0.29) is 0 Å². The van der Waals surface area contributed by atoms with Crippen molar-refractivity contribution < 1.29 is 9.47 Å². The van der Waals surface area contributed by atoms with Crippen molar-refractivity contribution in [1.82, 2.24) is 0 Å². The molecule has 2 heteroatoms. The molecule has 1 aliphatic rings. The Labute approximate surface area is 78.5 Å². The lowest BCUT2D eigenvalue weighted by molar-refractivity contribution is -0.186. The van der Waals surface area contributed by atoms with Gasteiger partial charge < -0.3 is 9.47 Å². The van der Waals surface area contributed by atoms with Crippen LogP contribution in [0.4, 0.5) is 0 Å². The number of ether oxygens (including phenoxy) is 2. The molecule has 1 aromatic rings. The molecule has 0 atom stereocenters. The summed E-state index contributed by atoms with van der Waals surface area (Å²) in [5.41, 5.74) is 2.41. The number of methoxy groups -OCH3 is 2. The Morgan fingerprint density at radius 1 is 1.15 bits per heavy atom. The van der Waals surface area contributed by atoms with Gasteiger partial charge in [0.25, 0.3) is 0 Å². The molecular formula is C11H13O2. The van der Waals surface area contributed by atoms with Crippen LogP contribution >= 0.6 is 0 Å². The largest absolute Gasteiger partial charge is 0.349 e. The van der Waals surface area contributed by atoms with E-state index in [1.54, 1.807) is 14.2 Å². The summed E-state index contributed by atoms with van der Waals surface area (Å²) >= 11 is 0. The molecule has 2 nitrogen and oxygen atoms in total. The van der Waals surface area contributed by atoms with Crippen LogP contribution < -0.4 is 0 Å². The molecule has 0 unspecified atom stereocenters. The van der Waals surface area contributed by atoms with Crippen molar-refractivity contribution in [2.75, 3.05) is 14.2 Å². The van der Waals surface area contributed by atoms with E-state index in [9.17, 15) is 0 Å². The third-order valence-electron chi connectivity index (χ3n) is 2.59. The normalized spacial score (nSPS) is 18.6. The van der Waals surface area contributed by atoms with Gasteiger partial charge in [0.15, 0.2) is 5.79 Å². The second kappa shape index (κ2) is 3.13. The van der Waals surface area contributed by atoms with Crippen molar-refractivity contribution in [3.63, 3.8) is 0 Å². The first-order chi connectivity index (χ1) is 6.32. The molecule has 69 valence electrons. The highest BCUT2D eigenvalue weighted by Gasteiger charge is 2.39. The third-order valence-corrected chi connectivity index (χ3v) is 2.59. The summed E-state index contributed by atoms with van der Waals surface area (Å²) in [6.45, 7) is 0. The number of benzene rings is 1. The first-order valence-corrected chi connectivity index (χ1v) is 4.35. The predicted molar refractivity (Wildman–Crippen MR) is 50.1 cm³/mol. The second-order valence-electron chi connectivity index (χ2n) is 3.14. The SMILES string of the molecule is COC1(OC)[CH]Cc2ccccc21. The van der Waals surface area contributed by atoms with Gasteiger partial charge >= 0.3 is 0 Å². The summed E-state index contributed by atoms with van der Waals surface area (Å²) in [6, 6.07) is 8.19. The molecule has 2 rings (SSSR count). The Bertz CT molecular complexity index is 303. The van der Waals surface area contributed by atoms with Gasteiger partial charge in [-0.3, -0.25) is 0 Å². The highest BCUT2D eigenvalue weighted by atomic mass is 16.7. The molecule has 0 saturated carbocycles. The quantitative estimate of drug-likeness (QED) is 0.642. The van der Waals surface area contributed by atoms with E-state index in [1.165, 1.54) is 5.56 Å². The summed E-state index contributed by atoms with van der Waals surface area (Å²) in [7, 11) is 3.34. The van der Waals surface area contributed by atoms with E-state index in [2.05, 4.69) is 12.5 Å². The van der Waals surface area contributed by atoms with Crippen LogP contribution in [0.5, 0.6) is 0 Å². The van der Waals surface area contributed by atoms with Crippen LogP contribution in [0.1, 0.15) is 11.1 Å². The van der Waals surface area contributed by atoms with Crippen LogP contribution in [-0.4, -0.2) is 14.2 Å². The lowest BCUT2D eigenvalue weighted by Gasteiger charge is -2.26. The molecule has 1 aliphatic carbocycles. The van der Waals surface area contributed by atoms with Gasteiger partial charge in [-0.05, 0) is 12.0 Å². The van der Waals surface area contributed by atoms with E-state index in [0.717, 1.165) is 12.0 Å². The van der Waals surface area contributed by atoms with E-state index < -0.39 is 5.79 Å². The first kappa shape index (κ1) is 8.73. The van der Waals surface area contributed by atoms with Crippen LogP contribution in [0.3, 0.4) is 0 Å². The predicted octanol–water partition coefficient (Wildman–Crippen LogP) is 1.89. The Kier molecular flexibility index (Phi) is 2.10. The molecule has 13 heavy (non-hydrogen) atoms. The first-order valence-electron chi connectivity index (χ1n) is 4.35. The fourth-order valence-corrected chi connectivity index (χ4v) is 1.86. The van der Waals surface area contributed by atoms with Gasteiger partial charge in [-0.25, -0.2) is 0 Å². The molecule has 1 aromatic carbocycles. The molecule has 0 bridgehead atoms. The molecule has 0 spiro atoms. The maximum Gasteiger partial charge on any atom is 0.198 e. The van der Waals surface area contributed by atoms with Crippen LogP contribution in [0.2, 0.25) is 0 Å². The van der Waals surface area contributed by atoms with Crippen molar-refractivity contribution in [3.8, 4) is 0 Å². The zero-order valence-electron chi connectivity index (χ0n) is 7.91. The van der Waals surface area contributed by atoms with Crippen molar-refractivity contribution in [3.05, 3.63) is 41.8 Å². The number of rotatable bonds is 2. The minimum Gasteiger partial charge on any atom is -0.349 e. The Morgan fingerprint density at radius 3 is 2.54 bits per heavy atom. The standard InChI is InChI=1S/C11H13O2/c1-12-11(13-2)8-7-9-5-3-4-6-10(9)11/h3-6,8H,7H2,1-2H3. The summed E-state index contributed by atoms with van der Waals surface area (Å²) in [6.07, 6.45) is 2.97. The lowest BCUT2D eigenvalue weighted by Crippen LogP contribution is -2.28. The van der Waals surface area contributed by atoms with Crippen molar-refractivity contribution in [2.45, 2.75) is 12.2 Å². The van der Waals surface area contributed by atoms with Crippen LogP contribution in [0.25, 0.3) is 0 Å². The second-order valence-corrected chi connectivity index (χ2v) is 3.14. The molecule has 0 amide bonds. The van der Waals surface area contributed by atoms with Crippen molar-refractivity contribution in [1.29, 1.82) is 0 Å². The maximum absolute atomic E-state index is 5.40. The third kappa shape index (κ3) is 1.18. The Balaban J connectivity index is 2.47. The summed E-state index contributed by atoms with van der Waals surface area (Å²) < 4.78 is 10.8. The Hall–Kier alpha value is -0.860. The number of hydrogen-bond acceptors (Lipinski definition) is 2. The molecule has 0 N–H and O–H groups in total. The van der Waals surface area contributed by atoms with Gasteiger partial charge in [0.05, 0.1) is 0 Å². The van der Waals surface area contributed by atoms with Gasteiger partial charge in [0.2, 0.25) is 0 Å². The Morgan fingerprint density at radius 2 is 1.85 bits per heavy atom. The summed E-state index contributed by atoms with van der Waals surface area (Å²) in [5.74, 6) is -0.614. The minimum absolute atomic E-state index is 0.614. The fourth-order valence-electron chi connectivity index (χ4n) is 1.86. The summed E-state index contributed by atoms with van der Waals surface area (Å²) in [5, 5.41) is 0. The molecule has 0 saturated heterocycles. The lowest BCUT2D eigenvalue weighted by atomic mass is 10.1. The van der Waals surface area contributed by atoms with Crippen molar-refractivity contribution in [2.24, 2.45) is 0 Å². The topological polar surface area (TPSA) is 18.5 Å². The van der Waals surface area contributed by atoms with Crippen LogP contribution in [-0.2, 0) is 21.7 Å². The van der Waals surface area contributed by atoms with E-state index in [4.69, 9.17) is 9.47 Å². The highest BCUT2D eigenvalue weighted by molar-refractivity contribution is 5.39. The van der Waals surface area contributed by atoms with Crippen LogP contribution in [0.15, 0.2) is 24.3 Å². The van der Waals surface area contributed by atoms with E-state index in [0.29, 0.717) is 0 Å². The molecule has 1 radical (unpaired) electrons. The number of hydrogen-bond donors (Lipinski definition) is 0. The monoisotopic (exact) mass is 177 g/mol. The van der Waals surface area contributed by atoms with Gasteiger partial charge in [-0.15, -0.1) is 0 Å². The van der Waals surface area contributed by atoms with Gasteiger partial charge in [0, 0.05) is 26.2 Å². The molecule has 0 aliphatic heterocycles. The molecule has 0 heterocycles.